The molecular formula is C23H32FN3O. The van der Waals surface area contributed by atoms with E-state index in [2.05, 4.69) is 16.9 Å². The number of ether oxygens (including phenoxy) is 1. The summed E-state index contributed by atoms with van der Waals surface area (Å²) in [4.78, 5) is 6.75. The molecule has 28 heavy (non-hydrogen) atoms. The first kappa shape index (κ1) is 20.7. The Balaban J connectivity index is 1.72. The summed E-state index contributed by atoms with van der Waals surface area (Å²) in [6.45, 7) is 6.59. The summed E-state index contributed by atoms with van der Waals surface area (Å²) in [5.74, 6) is 0.460. The van der Waals surface area contributed by atoms with Crippen molar-refractivity contribution in [2.24, 2.45) is 0 Å². The first-order valence-electron chi connectivity index (χ1n) is 10.3. The molecule has 0 amide bonds. The molecule has 0 aliphatic carbocycles. The maximum Gasteiger partial charge on any atom is 0.129 e. The zero-order valence-corrected chi connectivity index (χ0v) is 17.3. The lowest BCUT2D eigenvalue weighted by Gasteiger charge is -2.32. The van der Waals surface area contributed by atoms with Crippen molar-refractivity contribution >= 4 is 5.82 Å². The third kappa shape index (κ3) is 5.30. The number of nitrogens with zero attached hydrogens (tertiary/aromatic N) is 2. The van der Waals surface area contributed by atoms with Gasteiger partial charge in [0.15, 0.2) is 0 Å². The van der Waals surface area contributed by atoms with Gasteiger partial charge in [-0.05, 0) is 80.5 Å². The monoisotopic (exact) mass is 385 g/mol. The van der Waals surface area contributed by atoms with E-state index < -0.39 is 0 Å². The Morgan fingerprint density at radius 2 is 1.96 bits per heavy atom. The molecule has 1 aromatic carbocycles. The molecule has 1 aromatic heterocycles. The van der Waals surface area contributed by atoms with Crippen LogP contribution in [0, 0.1) is 12.7 Å². The maximum atomic E-state index is 14.9. The van der Waals surface area contributed by atoms with Crippen molar-refractivity contribution < 1.29 is 9.13 Å². The summed E-state index contributed by atoms with van der Waals surface area (Å²) < 4.78 is 20.5. The number of pyridine rings is 1. The Labute approximate surface area is 167 Å². The highest BCUT2D eigenvalue weighted by Gasteiger charge is 2.19. The fourth-order valence-corrected chi connectivity index (χ4v) is 3.94. The topological polar surface area (TPSA) is 51.4 Å². The zero-order valence-electron chi connectivity index (χ0n) is 17.3. The predicted octanol–water partition coefficient (Wildman–Crippen LogP) is 3.72. The van der Waals surface area contributed by atoms with Gasteiger partial charge in [0.1, 0.15) is 11.6 Å². The molecule has 4 nitrogen and oxygen atoms in total. The molecule has 152 valence electrons. The molecule has 0 radical (unpaired) electrons. The van der Waals surface area contributed by atoms with Crippen molar-refractivity contribution in [1.82, 2.24) is 9.88 Å². The minimum atomic E-state index is -0.0648. The third-order valence-electron chi connectivity index (χ3n) is 5.65. The lowest BCUT2D eigenvalue weighted by molar-refractivity contribution is 0.00312. The number of aryl methyl sites for hydroxylation is 5. The average molecular weight is 386 g/mol. The van der Waals surface area contributed by atoms with Crippen LogP contribution in [0.15, 0.2) is 24.3 Å². The van der Waals surface area contributed by atoms with E-state index in [1.807, 2.05) is 38.1 Å². The molecule has 1 aliphatic heterocycles. The van der Waals surface area contributed by atoms with Gasteiger partial charge in [0.25, 0.3) is 0 Å². The van der Waals surface area contributed by atoms with Crippen molar-refractivity contribution in [3.05, 3.63) is 58.0 Å². The van der Waals surface area contributed by atoms with Gasteiger partial charge < -0.3 is 10.5 Å². The van der Waals surface area contributed by atoms with Gasteiger partial charge in [-0.25, -0.2) is 9.37 Å². The van der Waals surface area contributed by atoms with Crippen LogP contribution in [0.3, 0.4) is 0 Å². The van der Waals surface area contributed by atoms with Crippen molar-refractivity contribution in [2.75, 3.05) is 32.5 Å². The molecule has 1 saturated heterocycles. The number of morpholine rings is 1. The van der Waals surface area contributed by atoms with E-state index in [0.29, 0.717) is 31.1 Å². The van der Waals surface area contributed by atoms with Crippen LogP contribution in [-0.2, 0) is 30.4 Å². The summed E-state index contributed by atoms with van der Waals surface area (Å²) in [6, 6.07) is 8.39. The maximum absolute atomic E-state index is 14.9. The van der Waals surface area contributed by atoms with Crippen LogP contribution in [-0.4, -0.2) is 42.7 Å². The summed E-state index contributed by atoms with van der Waals surface area (Å²) in [6.07, 6.45) is 3.99. The Morgan fingerprint density at radius 3 is 2.68 bits per heavy atom. The molecule has 0 spiro atoms. The van der Waals surface area contributed by atoms with Crippen LogP contribution in [0.2, 0.25) is 0 Å². The number of aromatic nitrogens is 1. The van der Waals surface area contributed by atoms with Crippen LogP contribution in [0.25, 0.3) is 0 Å². The van der Waals surface area contributed by atoms with E-state index in [9.17, 15) is 4.39 Å². The van der Waals surface area contributed by atoms with E-state index in [1.165, 1.54) is 5.56 Å². The first-order chi connectivity index (χ1) is 13.5. The first-order valence-corrected chi connectivity index (χ1v) is 10.3. The number of nitrogen functional groups attached to an aromatic ring is 1. The minimum Gasteiger partial charge on any atom is -0.384 e. The van der Waals surface area contributed by atoms with Gasteiger partial charge in [-0.1, -0.05) is 19.1 Å². The number of benzene rings is 1. The number of halogens is 1. The molecule has 0 saturated carbocycles. The van der Waals surface area contributed by atoms with Crippen LogP contribution >= 0.6 is 0 Å². The summed E-state index contributed by atoms with van der Waals surface area (Å²) >= 11 is 0. The van der Waals surface area contributed by atoms with Gasteiger partial charge in [-0.3, -0.25) is 4.90 Å². The van der Waals surface area contributed by atoms with Gasteiger partial charge in [0.2, 0.25) is 0 Å². The molecule has 1 atom stereocenters. The number of likely N-dealkylation sites (N-methyl/N-ethyl adjacent to an activating group) is 1. The Morgan fingerprint density at radius 1 is 1.18 bits per heavy atom. The fraction of sp³-hybridized carbons (Fsp3) is 0.522. The van der Waals surface area contributed by atoms with E-state index in [-0.39, 0.29) is 5.82 Å². The normalized spacial score (nSPS) is 17.8. The molecule has 2 heterocycles. The summed E-state index contributed by atoms with van der Waals surface area (Å²) in [5, 5.41) is 0. The third-order valence-corrected chi connectivity index (χ3v) is 5.65. The number of nitrogens with two attached hydrogens (primary N) is 1. The van der Waals surface area contributed by atoms with Crippen molar-refractivity contribution in [3.8, 4) is 0 Å². The van der Waals surface area contributed by atoms with E-state index >= 15 is 0 Å². The van der Waals surface area contributed by atoms with Crippen molar-refractivity contribution in [3.63, 3.8) is 0 Å². The molecule has 2 aromatic rings. The highest BCUT2D eigenvalue weighted by molar-refractivity contribution is 5.36. The SMILES string of the molecule is CCc1cc(CCC2COCCN2C)cc(CCc2cc(C)cc(N)n2)c1F. The van der Waals surface area contributed by atoms with Crippen molar-refractivity contribution in [1.29, 1.82) is 0 Å². The second-order valence-electron chi connectivity index (χ2n) is 7.89. The lowest BCUT2D eigenvalue weighted by atomic mass is 9.95. The predicted molar refractivity (Wildman–Crippen MR) is 112 cm³/mol. The van der Waals surface area contributed by atoms with Gasteiger partial charge in [0, 0.05) is 18.3 Å². The van der Waals surface area contributed by atoms with E-state index in [1.54, 1.807) is 0 Å². The highest BCUT2D eigenvalue weighted by Crippen LogP contribution is 2.22. The second-order valence-corrected chi connectivity index (χ2v) is 7.89. The quantitative estimate of drug-likeness (QED) is 0.789. The smallest absolute Gasteiger partial charge is 0.129 e. The highest BCUT2D eigenvalue weighted by atomic mass is 19.1. The Bertz CT molecular complexity index is 788. The van der Waals surface area contributed by atoms with Crippen LogP contribution in [0.4, 0.5) is 10.2 Å². The molecule has 1 fully saturated rings. The number of rotatable bonds is 7. The molecule has 3 rings (SSSR count). The van der Waals surface area contributed by atoms with Crippen LogP contribution in [0.1, 0.15) is 41.3 Å². The van der Waals surface area contributed by atoms with Gasteiger partial charge in [-0.15, -0.1) is 0 Å². The lowest BCUT2D eigenvalue weighted by Crippen LogP contribution is -2.42. The standard InChI is InChI=1S/C23H32FN3O/c1-4-18-13-17(5-8-21-15-28-10-9-27(21)3)14-19(23(18)24)6-7-20-11-16(2)12-22(25)26-20/h11-14,21H,4-10,15H2,1-3H3,(H2,25,26). The molecule has 0 bridgehead atoms. The Hall–Kier alpha value is -1.98. The molecule has 1 aliphatic rings. The summed E-state index contributed by atoms with van der Waals surface area (Å²) in [5.41, 5.74) is 10.7. The molecular weight excluding hydrogens is 353 g/mol. The molecule has 5 heteroatoms. The number of hydrogen-bond donors (Lipinski definition) is 1. The van der Waals surface area contributed by atoms with Gasteiger partial charge in [0.05, 0.1) is 13.2 Å². The number of anilines is 1. The molecule has 1 unspecified atom stereocenters. The zero-order chi connectivity index (χ0) is 20.1. The second kappa shape index (κ2) is 9.48. The molecule has 2 N–H and O–H groups in total. The largest absolute Gasteiger partial charge is 0.384 e. The van der Waals surface area contributed by atoms with Crippen molar-refractivity contribution in [2.45, 2.75) is 52.0 Å². The minimum absolute atomic E-state index is 0.0648. The van der Waals surface area contributed by atoms with Gasteiger partial charge >= 0.3 is 0 Å². The van der Waals surface area contributed by atoms with E-state index in [0.717, 1.165) is 55.0 Å². The van der Waals surface area contributed by atoms with E-state index in [4.69, 9.17) is 10.5 Å². The average Bonchev–Trinajstić information content (AvgIpc) is 2.66. The Kier molecular flexibility index (Phi) is 7.03. The fourth-order valence-electron chi connectivity index (χ4n) is 3.94. The van der Waals surface area contributed by atoms with Crippen LogP contribution < -0.4 is 5.73 Å². The number of hydrogen-bond acceptors (Lipinski definition) is 4. The van der Waals surface area contributed by atoms with Crippen LogP contribution in [0.5, 0.6) is 0 Å². The summed E-state index contributed by atoms with van der Waals surface area (Å²) in [7, 11) is 2.15. The van der Waals surface area contributed by atoms with Gasteiger partial charge in [-0.2, -0.15) is 0 Å².